The second kappa shape index (κ2) is 5.38. The first-order chi connectivity index (χ1) is 7.68. The smallest absolute Gasteiger partial charge is 0.281 e. The first-order valence-corrected chi connectivity index (χ1v) is 7.02. The van der Waals surface area contributed by atoms with Crippen molar-refractivity contribution in [3.05, 3.63) is 0 Å². The molecule has 0 aromatic rings. The maximum Gasteiger partial charge on any atom is 0.281 e. The van der Waals surface area contributed by atoms with E-state index in [0.717, 1.165) is 38.0 Å². The fraction of sp³-hybridized carbons (Fsp3) is 0.909. The van der Waals surface area contributed by atoms with Crippen molar-refractivity contribution >= 4 is 17.0 Å². The Bertz CT molecular complexity index is 262. The van der Waals surface area contributed by atoms with Crippen molar-refractivity contribution in [1.82, 2.24) is 4.90 Å². The summed E-state index contributed by atoms with van der Waals surface area (Å²) in [6.07, 6.45) is 3.84. The number of carbonyl (C=O) groups is 1. The molecule has 0 unspecified atom stereocenters. The molecule has 5 heteroatoms. The van der Waals surface area contributed by atoms with Gasteiger partial charge in [0.15, 0.2) is 0 Å². The molecule has 16 heavy (non-hydrogen) atoms. The third kappa shape index (κ3) is 2.70. The first-order valence-electron chi connectivity index (χ1n) is 6.04. The standard InChI is InChI=1S/C11H20N2O2S/c12-9(7-13-5-6-16-11(13)15)8-3-1-2-4-10(8)14/h8-10,14H,1-7,12H2/t8-,9-,10+/m0/s1. The molecule has 4 nitrogen and oxygen atoms in total. The molecular weight excluding hydrogens is 224 g/mol. The predicted molar refractivity (Wildman–Crippen MR) is 65.4 cm³/mol. The Morgan fingerprint density at radius 2 is 2.25 bits per heavy atom. The summed E-state index contributed by atoms with van der Waals surface area (Å²) in [5.74, 6) is 1.05. The van der Waals surface area contributed by atoms with Crippen LogP contribution in [0.5, 0.6) is 0 Å². The number of nitrogens with zero attached hydrogens (tertiary/aromatic N) is 1. The second-order valence-corrected chi connectivity index (χ2v) is 5.79. The minimum absolute atomic E-state index is 0.0713. The predicted octanol–water partition coefficient (Wildman–Crippen LogP) is 1.03. The van der Waals surface area contributed by atoms with E-state index in [-0.39, 0.29) is 23.3 Å². The highest BCUT2D eigenvalue weighted by atomic mass is 32.2. The van der Waals surface area contributed by atoms with Crippen LogP contribution in [0.4, 0.5) is 4.79 Å². The number of carbonyl (C=O) groups excluding carboxylic acids is 1. The van der Waals surface area contributed by atoms with Crippen LogP contribution < -0.4 is 5.73 Å². The molecule has 0 aromatic heterocycles. The van der Waals surface area contributed by atoms with Crippen LogP contribution >= 0.6 is 11.8 Å². The molecule has 1 aliphatic carbocycles. The van der Waals surface area contributed by atoms with Crippen LogP contribution in [-0.2, 0) is 0 Å². The molecule has 3 N–H and O–H groups in total. The van der Waals surface area contributed by atoms with Gasteiger partial charge in [0.05, 0.1) is 6.10 Å². The largest absolute Gasteiger partial charge is 0.393 e. The molecule has 0 bridgehead atoms. The van der Waals surface area contributed by atoms with Crippen LogP contribution in [-0.4, -0.2) is 46.2 Å². The topological polar surface area (TPSA) is 66.6 Å². The summed E-state index contributed by atoms with van der Waals surface area (Å²) in [5, 5.41) is 10.0. The first kappa shape index (κ1) is 12.2. The van der Waals surface area contributed by atoms with Crippen LogP contribution in [0.2, 0.25) is 0 Å². The Balaban J connectivity index is 1.86. The third-order valence-electron chi connectivity index (χ3n) is 3.61. The highest BCUT2D eigenvalue weighted by Gasteiger charge is 2.31. The van der Waals surface area contributed by atoms with Crippen LogP contribution in [0.3, 0.4) is 0 Å². The normalized spacial score (nSPS) is 33.1. The molecule has 1 saturated heterocycles. The number of thioether (sulfide) groups is 1. The number of nitrogens with two attached hydrogens (primary N) is 1. The van der Waals surface area contributed by atoms with Crippen molar-refractivity contribution in [1.29, 1.82) is 0 Å². The molecular formula is C11H20N2O2S. The SMILES string of the molecule is N[C@@H](CN1CCSC1=O)[C@@H]1CCCC[C@H]1O. The maximum absolute atomic E-state index is 11.4. The summed E-state index contributed by atoms with van der Waals surface area (Å²) in [7, 11) is 0. The fourth-order valence-corrected chi connectivity index (χ4v) is 3.46. The molecule has 0 radical (unpaired) electrons. The van der Waals surface area contributed by atoms with E-state index in [1.165, 1.54) is 11.8 Å². The van der Waals surface area contributed by atoms with Gasteiger partial charge in [-0.25, -0.2) is 0 Å². The number of rotatable bonds is 3. The highest BCUT2D eigenvalue weighted by Crippen LogP contribution is 2.27. The third-order valence-corrected chi connectivity index (χ3v) is 4.50. The van der Waals surface area contributed by atoms with Gasteiger partial charge in [0.25, 0.3) is 5.24 Å². The van der Waals surface area contributed by atoms with Crippen LogP contribution in [0.1, 0.15) is 25.7 Å². The molecule has 2 fully saturated rings. The zero-order valence-corrected chi connectivity index (χ0v) is 10.3. The Labute approximate surface area is 101 Å². The van der Waals surface area contributed by atoms with Crippen molar-refractivity contribution in [2.75, 3.05) is 18.8 Å². The van der Waals surface area contributed by atoms with E-state index in [2.05, 4.69) is 0 Å². The van der Waals surface area contributed by atoms with Gasteiger partial charge >= 0.3 is 0 Å². The van der Waals surface area contributed by atoms with Crippen LogP contribution in [0.25, 0.3) is 0 Å². The van der Waals surface area contributed by atoms with E-state index in [4.69, 9.17) is 5.73 Å². The van der Waals surface area contributed by atoms with Gasteiger partial charge in [-0.15, -0.1) is 0 Å². The highest BCUT2D eigenvalue weighted by molar-refractivity contribution is 8.13. The van der Waals surface area contributed by atoms with Crippen molar-refractivity contribution in [3.63, 3.8) is 0 Å². The molecule has 2 aliphatic rings. The Kier molecular flexibility index (Phi) is 4.10. The monoisotopic (exact) mass is 244 g/mol. The molecule has 2 rings (SSSR count). The fourth-order valence-electron chi connectivity index (χ4n) is 2.62. The molecule has 0 spiro atoms. The number of hydrogen-bond donors (Lipinski definition) is 2. The van der Waals surface area contributed by atoms with Crippen molar-refractivity contribution in [2.24, 2.45) is 11.7 Å². The summed E-state index contributed by atoms with van der Waals surface area (Å²) in [6.45, 7) is 1.41. The van der Waals surface area contributed by atoms with E-state index in [0.29, 0.717) is 6.54 Å². The molecule has 92 valence electrons. The van der Waals surface area contributed by atoms with E-state index in [9.17, 15) is 9.90 Å². The lowest BCUT2D eigenvalue weighted by Gasteiger charge is -2.33. The van der Waals surface area contributed by atoms with Gasteiger partial charge in [-0.05, 0) is 12.8 Å². The number of aliphatic hydroxyl groups excluding tert-OH is 1. The van der Waals surface area contributed by atoms with E-state index in [1.807, 2.05) is 4.90 Å². The zero-order chi connectivity index (χ0) is 11.5. The quantitative estimate of drug-likeness (QED) is 0.778. The minimum Gasteiger partial charge on any atom is -0.393 e. The summed E-state index contributed by atoms with van der Waals surface area (Å²) in [6, 6.07) is -0.0713. The Morgan fingerprint density at radius 1 is 1.50 bits per heavy atom. The average molecular weight is 244 g/mol. The zero-order valence-electron chi connectivity index (χ0n) is 9.47. The minimum atomic E-state index is -0.269. The van der Waals surface area contributed by atoms with Crippen molar-refractivity contribution in [2.45, 2.75) is 37.8 Å². The van der Waals surface area contributed by atoms with Crippen LogP contribution in [0.15, 0.2) is 0 Å². The summed E-state index contributed by atoms with van der Waals surface area (Å²) >= 11 is 1.36. The lowest BCUT2D eigenvalue weighted by atomic mass is 9.81. The average Bonchev–Trinajstić information content (AvgIpc) is 2.65. The summed E-state index contributed by atoms with van der Waals surface area (Å²) in [5.41, 5.74) is 6.12. The van der Waals surface area contributed by atoms with Crippen molar-refractivity contribution in [3.8, 4) is 0 Å². The van der Waals surface area contributed by atoms with Gasteiger partial charge in [-0.1, -0.05) is 24.6 Å². The van der Waals surface area contributed by atoms with Crippen molar-refractivity contribution < 1.29 is 9.90 Å². The van der Waals surface area contributed by atoms with Gasteiger partial charge in [0, 0.05) is 30.8 Å². The van der Waals surface area contributed by atoms with Gasteiger partial charge in [-0.3, -0.25) is 4.79 Å². The maximum atomic E-state index is 11.4. The van der Waals surface area contributed by atoms with E-state index >= 15 is 0 Å². The lowest BCUT2D eigenvalue weighted by Crippen LogP contribution is -2.47. The van der Waals surface area contributed by atoms with Gasteiger partial charge in [0.2, 0.25) is 0 Å². The number of amides is 1. The molecule has 1 saturated carbocycles. The van der Waals surface area contributed by atoms with Gasteiger partial charge in [-0.2, -0.15) is 0 Å². The molecule has 1 amide bonds. The van der Waals surface area contributed by atoms with Gasteiger partial charge < -0.3 is 15.7 Å². The van der Waals surface area contributed by atoms with E-state index in [1.54, 1.807) is 0 Å². The number of aliphatic hydroxyl groups is 1. The van der Waals surface area contributed by atoms with Gasteiger partial charge in [0.1, 0.15) is 0 Å². The Hall–Kier alpha value is -0.260. The Morgan fingerprint density at radius 3 is 2.88 bits per heavy atom. The summed E-state index contributed by atoms with van der Waals surface area (Å²) in [4.78, 5) is 13.3. The molecule has 1 heterocycles. The van der Waals surface area contributed by atoms with Crippen LogP contribution in [0, 0.1) is 5.92 Å². The molecule has 1 aliphatic heterocycles. The lowest BCUT2D eigenvalue weighted by molar-refractivity contribution is 0.0512. The second-order valence-electron chi connectivity index (χ2n) is 4.74. The number of hydrogen-bond acceptors (Lipinski definition) is 4. The summed E-state index contributed by atoms with van der Waals surface area (Å²) < 4.78 is 0. The van der Waals surface area contributed by atoms with E-state index < -0.39 is 0 Å². The molecule has 3 atom stereocenters. The molecule has 0 aromatic carbocycles.